The molecule has 0 amide bonds. The Morgan fingerprint density at radius 1 is 0.625 bits per heavy atom. The number of hydrogen-bond donors (Lipinski definition) is 1. The first-order valence-corrected chi connectivity index (χ1v) is 9.91. The van der Waals surface area contributed by atoms with Gasteiger partial charge < -0.3 is 37.8 Å². The molecule has 0 radical (unpaired) electrons. The van der Waals surface area contributed by atoms with Crippen molar-refractivity contribution in [3.05, 3.63) is 0 Å². The van der Waals surface area contributed by atoms with Crippen molar-refractivity contribution in [1.82, 2.24) is 0 Å². The van der Waals surface area contributed by atoms with E-state index in [-0.39, 0.29) is 13.2 Å². The van der Waals surface area contributed by atoms with Gasteiger partial charge in [-0.05, 0) is 0 Å². The Morgan fingerprint density at radius 3 is 1.21 bits per heavy atom. The molecule has 0 aliphatic heterocycles. The van der Waals surface area contributed by atoms with Crippen molar-refractivity contribution in [3.8, 4) is 0 Å². The lowest BCUT2D eigenvalue weighted by Crippen LogP contribution is -2.14. The highest BCUT2D eigenvalue weighted by Crippen LogP contribution is 2.35. The average molecular weight is 374 g/mol. The summed E-state index contributed by atoms with van der Waals surface area (Å²) in [5.74, 6) is 0. The molecule has 9 nitrogen and oxygen atoms in total. The fraction of sp³-hybridized carbons (Fsp3) is 1.00. The molecule has 24 heavy (non-hydrogen) atoms. The summed E-state index contributed by atoms with van der Waals surface area (Å²) in [4.78, 5) is 8.87. The number of rotatable bonds is 19. The summed E-state index contributed by atoms with van der Waals surface area (Å²) in [7, 11) is -1.77. The van der Waals surface area contributed by atoms with Crippen LogP contribution in [0.3, 0.4) is 0 Å². The quantitative estimate of drug-likeness (QED) is 0.256. The topological polar surface area (TPSA) is 102 Å². The van der Waals surface area contributed by atoms with Crippen molar-refractivity contribution in [2.45, 2.75) is 0 Å². The summed E-state index contributed by atoms with van der Waals surface area (Å²) in [6.45, 7) is 6.54. The first kappa shape index (κ1) is 23.9. The van der Waals surface area contributed by atoms with E-state index in [2.05, 4.69) is 4.52 Å². The van der Waals surface area contributed by atoms with Crippen LogP contribution >= 0.6 is 7.60 Å². The number of ether oxygens (including phenoxy) is 6. The second kappa shape index (κ2) is 17.7. The van der Waals surface area contributed by atoms with E-state index in [9.17, 15) is 4.57 Å². The lowest BCUT2D eigenvalue weighted by Gasteiger charge is -2.08. The van der Waals surface area contributed by atoms with Crippen LogP contribution in [0.1, 0.15) is 0 Å². The van der Waals surface area contributed by atoms with Crippen LogP contribution in [0, 0.1) is 0 Å². The molecule has 0 aliphatic carbocycles. The van der Waals surface area contributed by atoms with Gasteiger partial charge in [-0.2, -0.15) is 0 Å². The lowest BCUT2D eigenvalue weighted by atomic mass is 10.7. The van der Waals surface area contributed by atoms with Crippen molar-refractivity contribution in [1.29, 1.82) is 0 Å². The summed E-state index contributed by atoms with van der Waals surface area (Å²) >= 11 is 0. The van der Waals surface area contributed by atoms with Gasteiger partial charge in [0.15, 0.2) is 0 Å². The van der Waals surface area contributed by atoms with E-state index in [1.54, 1.807) is 7.11 Å². The van der Waals surface area contributed by atoms with E-state index in [1.165, 1.54) is 0 Å². The van der Waals surface area contributed by atoms with Crippen molar-refractivity contribution in [2.75, 3.05) is 93.1 Å². The Hall–Kier alpha value is -0.0900. The van der Waals surface area contributed by atoms with Gasteiger partial charge in [-0.25, -0.2) is 0 Å². The van der Waals surface area contributed by atoms with Crippen LogP contribution in [-0.4, -0.2) is 98.0 Å². The Kier molecular flexibility index (Phi) is 17.7. The second-order valence-corrected chi connectivity index (χ2v) is 6.56. The zero-order valence-corrected chi connectivity index (χ0v) is 15.5. The second-order valence-electron chi connectivity index (χ2n) is 4.69. The largest absolute Gasteiger partial charge is 0.382 e. The minimum absolute atomic E-state index is 0.0881. The number of hydrogen-bond acceptors (Lipinski definition) is 8. The van der Waals surface area contributed by atoms with E-state index >= 15 is 0 Å². The molecule has 0 aromatic rings. The van der Waals surface area contributed by atoms with Gasteiger partial charge in [-0.1, -0.05) is 0 Å². The molecule has 1 N–H and O–H groups in total. The van der Waals surface area contributed by atoms with Crippen LogP contribution in [0.5, 0.6) is 0 Å². The first-order valence-electron chi connectivity index (χ1n) is 7.88. The SMILES string of the molecule is COCCOCCOCCOCCOCCOCCOP(C)(=O)O. The van der Waals surface area contributed by atoms with Gasteiger partial charge in [0.25, 0.3) is 0 Å². The summed E-state index contributed by atoms with van der Waals surface area (Å²) in [5.41, 5.74) is 0. The first-order chi connectivity index (χ1) is 11.6. The molecule has 10 heteroatoms. The lowest BCUT2D eigenvalue weighted by molar-refractivity contribution is -0.0160. The van der Waals surface area contributed by atoms with E-state index in [0.29, 0.717) is 66.1 Å². The van der Waals surface area contributed by atoms with E-state index in [0.717, 1.165) is 6.66 Å². The van der Waals surface area contributed by atoms with Crippen LogP contribution in [0.2, 0.25) is 0 Å². The van der Waals surface area contributed by atoms with Crippen LogP contribution in [0.4, 0.5) is 0 Å². The van der Waals surface area contributed by atoms with Crippen molar-refractivity contribution >= 4 is 7.60 Å². The molecule has 0 heterocycles. The van der Waals surface area contributed by atoms with Crippen molar-refractivity contribution in [3.63, 3.8) is 0 Å². The molecular weight excluding hydrogens is 343 g/mol. The third kappa shape index (κ3) is 21.9. The monoisotopic (exact) mass is 374 g/mol. The van der Waals surface area contributed by atoms with Crippen molar-refractivity contribution in [2.24, 2.45) is 0 Å². The van der Waals surface area contributed by atoms with E-state index in [1.807, 2.05) is 0 Å². The predicted octanol–water partition coefficient (Wildman–Crippen LogP) is 0.548. The molecule has 0 spiro atoms. The van der Waals surface area contributed by atoms with Crippen LogP contribution in [-0.2, 0) is 37.5 Å². The predicted molar refractivity (Wildman–Crippen MR) is 87.7 cm³/mol. The van der Waals surface area contributed by atoms with Gasteiger partial charge in [-0.15, -0.1) is 0 Å². The molecule has 1 unspecified atom stereocenters. The maximum Gasteiger partial charge on any atom is 0.325 e. The van der Waals surface area contributed by atoms with Crippen LogP contribution in [0.15, 0.2) is 0 Å². The van der Waals surface area contributed by atoms with Crippen LogP contribution < -0.4 is 0 Å². The van der Waals surface area contributed by atoms with Gasteiger partial charge in [0, 0.05) is 13.8 Å². The minimum Gasteiger partial charge on any atom is -0.382 e. The fourth-order valence-corrected chi connectivity index (χ4v) is 1.80. The van der Waals surface area contributed by atoms with Gasteiger partial charge in [0.2, 0.25) is 0 Å². The summed E-state index contributed by atoms with van der Waals surface area (Å²) in [5, 5.41) is 0. The Labute approximate surface area is 144 Å². The Balaban J connectivity index is 3.02. The summed E-state index contributed by atoms with van der Waals surface area (Å²) in [6.07, 6.45) is 0. The average Bonchev–Trinajstić information content (AvgIpc) is 2.52. The maximum atomic E-state index is 10.8. The van der Waals surface area contributed by atoms with Gasteiger partial charge in [0.1, 0.15) is 0 Å². The van der Waals surface area contributed by atoms with Crippen molar-refractivity contribution < 1.29 is 42.4 Å². The summed E-state index contributed by atoms with van der Waals surface area (Å²) < 4.78 is 46.7. The molecule has 0 saturated carbocycles. The fourth-order valence-electron chi connectivity index (χ4n) is 1.39. The molecule has 0 bridgehead atoms. The zero-order chi connectivity index (χ0) is 17.9. The third-order valence-corrected chi connectivity index (χ3v) is 3.14. The van der Waals surface area contributed by atoms with Gasteiger partial charge in [0.05, 0.1) is 79.3 Å². The van der Waals surface area contributed by atoms with Gasteiger partial charge in [-0.3, -0.25) is 4.57 Å². The molecule has 0 rings (SSSR count). The number of methoxy groups -OCH3 is 1. The van der Waals surface area contributed by atoms with Gasteiger partial charge >= 0.3 is 7.60 Å². The Bertz CT molecular complexity index is 298. The van der Waals surface area contributed by atoms with E-state index < -0.39 is 7.60 Å². The summed E-state index contributed by atoms with van der Waals surface area (Å²) in [6, 6.07) is 0. The molecule has 1 atom stereocenters. The molecule has 0 saturated heterocycles. The zero-order valence-electron chi connectivity index (χ0n) is 14.6. The molecular formula is C14H31O9P. The third-order valence-electron chi connectivity index (χ3n) is 2.48. The van der Waals surface area contributed by atoms with E-state index in [4.69, 9.17) is 33.3 Å². The highest BCUT2D eigenvalue weighted by Gasteiger charge is 2.08. The highest BCUT2D eigenvalue weighted by molar-refractivity contribution is 7.51. The van der Waals surface area contributed by atoms with Crippen LogP contribution in [0.25, 0.3) is 0 Å². The maximum absolute atomic E-state index is 10.8. The molecule has 0 aromatic carbocycles. The normalized spacial score (nSPS) is 14.0. The highest BCUT2D eigenvalue weighted by atomic mass is 31.2. The smallest absolute Gasteiger partial charge is 0.325 e. The standard InChI is InChI=1S/C14H31O9P/c1-17-3-4-18-5-6-19-7-8-20-9-10-21-11-12-22-13-14-23-24(2,15)16/h3-14H2,1-2H3,(H,15,16). The minimum atomic E-state index is -3.41. The molecule has 0 aliphatic rings. The Morgan fingerprint density at radius 2 is 0.917 bits per heavy atom. The molecule has 0 aromatic heterocycles. The molecule has 0 fully saturated rings. The molecule has 146 valence electrons.